The number of benzene rings is 1. The standard InChI is InChI=1S/C10H9ClO4/c1-2-14-9(12)7-5-3-4-6-8(7)15-10(11)13/h3-6H,2H2,1H3. The topological polar surface area (TPSA) is 52.6 Å². The Morgan fingerprint density at radius 2 is 2.00 bits per heavy atom. The van der Waals surface area contributed by atoms with E-state index in [0.717, 1.165) is 0 Å². The van der Waals surface area contributed by atoms with Crippen LogP contribution in [0.3, 0.4) is 0 Å². The van der Waals surface area contributed by atoms with E-state index in [1.54, 1.807) is 19.1 Å². The maximum absolute atomic E-state index is 11.4. The van der Waals surface area contributed by atoms with Crippen LogP contribution in [0.1, 0.15) is 17.3 Å². The van der Waals surface area contributed by atoms with Crippen LogP contribution in [0.15, 0.2) is 24.3 Å². The molecule has 0 fully saturated rings. The van der Waals surface area contributed by atoms with E-state index in [1.165, 1.54) is 12.1 Å². The molecule has 0 unspecified atom stereocenters. The van der Waals surface area contributed by atoms with Crippen molar-refractivity contribution in [2.24, 2.45) is 0 Å². The third-order valence-electron chi connectivity index (χ3n) is 1.57. The summed E-state index contributed by atoms with van der Waals surface area (Å²) >= 11 is 5.05. The summed E-state index contributed by atoms with van der Waals surface area (Å²) in [7, 11) is 0. The average molecular weight is 229 g/mol. The van der Waals surface area contributed by atoms with E-state index >= 15 is 0 Å². The molecule has 0 aliphatic rings. The largest absolute Gasteiger partial charge is 0.462 e. The molecule has 0 aliphatic carbocycles. The minimum Gasteiger partial charge on any atom is -0.462 e. The number of hydrogen-bond acceptors (Lipinski definition) is 4. The summed E-state index contributed by atoms with van der Waals surface area (Å²) in [6.07, 6.45) is 0. The molecule has 0 atom stereocenters. The van der Waals surface area contributed by atoms with Crippen molar-refractivity contribution >= 4 is 23.0 Å². The van der Waals surface area contributed by atoms with Gasteiger partial charge < -0.3 is 9.47 Å². The van der Waals surface area contributed by atoms with Gasteiger partial charge in [0.2, 0.25) is 0 Å². The minimum atomic E-state index is -0.994. The molecule has 5 heteroatoms. The predicted octanol–water partition coefficient (Wildman–Crippen LogP) is 2.60. The number of halogens is 1. The van der Waals surface area contributed by atoms with E-state index in [1.807, 2.05) is 0 Å². The van der Waals surface area contributed by atoms with E-state index in [-0.39, 0.29) is 17.9 Å². The van der Waals surface area contributed by atoms with Crippen molar-refractivity contribution in [3.05, 3.63) is 29.8 Å². The Hall–Kier alpha value is -1.55. The fourth-order valence-electron chi connectivity index (χ4n) is 1.02. The Balaban J connectivity index is 2.95. The number of ether oxygens (including phenoxy) is 2. The third-order valence-corrected chi connectivity index (χ3v) is 1.65. The van der Waals surface area contributed by atoms with Gasteiger partial charge in [-0.1, -0.05) is 12.1 Å². The molecule has 0 spiro atoms. The molecule has 0 amide bonds. The van der Waals surface area contributed by atoms with Gasteiger partial charge in [0.05, 0.1) is 6.61 Å². The van der Waals surface area contributed by atoms with Crippen LogP contribution in [0.2, 0.25) is 0 Å². The van der Waals surface area contributed by atoms with Crippen LogP contribution < -0.4 is 4.74 Å². The van der Waals surface area contributed by atoms with E-state index < -0.39 is 11.4 Å². The van der Waals surface area contributed by atoms with Gasteiger partial charge in [0.15, 0.2) is 0 Å². The Labute approximate surface area is 91.7 Å². The highest BCUT2D eigenvalue weighted by molar-refractivity contribution is 6.61. The lowest BCUT2D eigenvalue weighted by Gasteiger charge is -2.06. The number of esters is 1. The van der Waals surface area contributed by atoms with Crippen LogP contribution in [0.4, 0.5) is 4.79 Å². The number of hydrogen-bond donors (Lipinski definition) is 0. The summed E-state index contributed by atoms with van der Waals surface area (Å²) in [5, 5.41) is 0. The van der Waals surface area contributed by atoms with E-state index in [4.69, 9.17) is 16.3 Å². The van der Waals surface area contributed by atoms with Gasteiger partial charge >= 0.3 is 11.4 Å². The van der Waals surface area contributed by atoms with Crippen molar-refractivity contribution in [3.63, 3.8) is 0 Å². The highest BCUT2D eigenvalue weighted by Gasteiger charge is 2.14. The molecule has 15 heavy (non-hydrogen) atoms. The summed E-state index contributed by atoms with van der Waals surface area (Å²) in [5.41, 5.74) is -0.819. The fraction of sp³-hybridized carbons (Fsp3) is 0.200. The van der Waals surface area contributed by atoms with Crippen molar-refractivity contribution in [1.29, 1.82) is 0 Å². The van der Waals surface area contributed by atoms with Crippen LogP contribution in [0, 0.1) is 0 Å². The lowest BCUT2D eigenvalue weighted by molar-refractivity contribution is 0.0524. The van der Waals surface area contributed by atoms with Crippen molar-refractivity contribution in [1.82, 2.24) is 0 Å². The van der Waals surface area contributed by atoms with Gasteiger partial charge in [-0.2, -0.15) is 0 Å². The Kier molecular flexibility index (Phi) is 4.12. The van der Waals surface area contributed by atoms with Crippen molar-refractivity contribution in [3.8, 4) is 5.75 Å². The first-order chi connectivity index (χ1) is 7.15. The van der Waals surface area contributed by atoms with Crippen LogP contribution in [0.5, 0.6) is 5.75 Å². The minimum absolute atomic E-state index is 0.0935. The van der Waals surface area contributed by atoms with Gasteiger partial charge in [-0.3, -0.25) is 0 Å². The van der Waals surface area contributed by atoms with Crippen molar-refractivity contribution in [2.75, 3.05) is 6.61 Å². The van der Waals surface area contributed by atoms with Crippen molar-refractivity contribution < 1.29 is 19.1 Å². The smallest absolute Gasteiger partial charge is 0.409 e. The molecular formula is C10H9ClO4. The normalized spacial score (nSPS) is 9.47. The van der Waals surface area contributed by atoms with Gasteiger partial charge in [0.1, 0.15) is 11.3 Å². The number of carbonyl (C=O) groups is 2. The van der Waals surface area contributed by atoms with Crippen molar-refractivity contribution in [2.45, 2.75) is 6.92 Å². The second-order valence-corrected chi connectivity index (χ2v) is 2.86. The molecule has 1 aromatic carbocycles. The molecule has 0 bridgehead atoms. The molecule has 0 aliphatic heterocycles. The molecule has 0 heterocycles. The quantitative estimate of drug-likeness (QED) is 0.589. The first-order valence-electron chi connectivity index (χ1n) is 4.28. The summed E-state index contributed by atoms with van der Waals surface area (Å²) in [6.45, 7) is 1.94. The maximum Gasteiger partial charge on any atom is 0.409 e. The highest BCUT2D eigenvalue weighted by Crippen LogP contribution is 2.19. The van der Waals surface area contributed by atoms with Crippen LogP contribution >= 0.6 is 11.6 Å². The Bertz CT molecular complexity index is 375. The molecule has 1 rings (SSSR count). The van der Waals surface area contributed by atoms with Gasteiger partial charge in [0.25, 0.3) is 0 Å². The predicted molar refractivity (Wildman–Crippen MR) is 54.3 cm³/mol. The zero-order valence-corrected chi connectivity index (χ0v) is 8.78. The average Bonchev–Trinajstić information content (AvgIpc) is 2.18. The monoisotopic (exact) mass is 228 g/mol. The summed E-state index contributed by atoms with van der Waals surface area (Å²) in [5.74, 6) is -0.457. The number of carbonyl (C=O) groups excluding carboxylic acids is 2. The molecular weight excluding hydrogens is 220 g/mol. The Morgan fingerprint density at radius 1 is 1.33 bits per heavy atom. The zero-order chi connectivity index (χ0) is 11.3. The summed E-state index contributed by atoms with van der Waals surface area (Å²) < 4.78 is 9.42. The maximum atomic E-state index is 11.4. The molecule has 0 aromatic heterocycles. The molecule has 0 radical (unpaired) electrons. The van der Waals surface area contributed by atoms with Crippen LogP contribution in [-0.4, -0.2) is 18.0 Å². The molecule has 0 saturated carbocycles. The second-order valence-electron chi connectivity index (χ2n) is 2.56. The van der Waals surface area contributed by atoms with Gasteiger partial charge in [-0.25, -0.2) is 9.59 Å². The fourth-order valence-corrected chi connectivity index (χ4v) is 1.10. The molecule has 4 nitrogen and oxygen atoms in total. The van der Waals surface area contributed by atoms with Crippen LogP contribution in [-0.2, 0) is 4.74 Å². The summed E-state index contributed by atoms with van der Waals surface area (Å²) in [4.78, 5) is 21.9. The first kappa shape index (κ1) is 11.5. The lowest BCUT2D eigenvalue weighted by Crippen LogP contribution is -2.08. The van der Waals surface area contributed by atoms with Gasteiger partial charge in [0, 0.05) is 11.6 Å². The molecule has 1 aromatic rings. The lowest BCUT2D eigenvalue weighted by atomic mass is 10.2. The molecule has 80 valence electrons. The number of para-hydroxylation sites is 1. The second kappa shape index (κ2) is 5.36. The van der Waals surface area contributed by atoms with E-state index in [0.29, 0.717) is 0 Å². The SMILES string of the molecule is CCOC(=O)c1ccccc1OC(=O)Cl. The number of rotatable bonds is 3. The third kappa shape index (κ3) is 3.25. The van der Waals surface area contributed by atoms with Crippen LogP contribution in [0.25, 0.3) is 0 Å². The zero-order valence-electron chi connectivity index (χ0n) is 8.03. The molecule has 0 saturated heterocycles. The highest BCUT2D eigenvalue weighted by atomic mass is 35.5. The van der Waals surface area contributed by atoms with Gasteiger partial charge in [-0.05, 0) is 19.1 Å². The molecule has 0 N–H and O–H groups in total. The summed E-state index contributed by atoms with van der Waals surface area (Å²) in [6, 6.07) is 6.22. The van der Waals surface area contributed by atoms with E-state index in [2.05, 4.69) is 4.74 Å². The van der Waals surface area contributed by atoms with E-state index in [9.17, 15) is 9.59 Å². The Morgan fingerprint density at radius 3 is 2.60 bits per heavy atom. The van der Waals surface area contributed by atoms with Gasteiger partial charge in [-0.15, -0.1) is 0 Å². The first-order valence-corrected chi connectivity index (χ1v) is 4.66.